The molecule has 4 aromatic rings. The molecule has 4 aromatic carbocycles. The SMILES string of the molecule is CCOC(=S)N(c1ccc(C=O)c2ccccc12)c1c(O)cc(O)c2ccccc12. The molecule has 6 heteroatoms. The van der Waals surface area contributed by atoms with Gasteiger partial charge in [-0.15, -0.1) is 0 Å². The summed E-state index contributed by atoms with van der Waals surface area (Å²) >= 11 is 5.58. The number of phenols is 2. The number of phenolic OH excluding ortho intramolecular Hbond substituents is 2. The van der Waals surface area contributed by atoms with E-state index in [0.29, 0.717) is 34.3 Å². The molecule has 0 radical (unpaired) electrons. The molecule has 0 amide bonds. The van der Waals surface area contributed by atoms with E-state index in [0.717, 1.165) is 17.1 Å². The fourth-order valence-corrected chi connectivity index (χ4v) is 3.97. The Morgan fingerprint density at radius 3 is 2.23 bits per heavy atom. The van der Waals surface area contributed by atoms with Gasteiger partial charge < -0.3 is 14.9 Å². The number of hydrogen-bond acceptors (Lipinski definition) is 5. The Balaban J connectivity index is 2.09. The molecule has 0 aliphatic rings. The third-order valence-corrected chi connectivity index (χ3v) is 5.25. The summed E-state index contributed by atoms with van der Waals surface area (Å²) in [6.07, 6.45) is 0.810. The lowest BCUT2D eigenvalue weighted by atomic mass is 10.0. The maximum absolute atomic E-state index is 11.5. The van der Waals surface area contributed by atoms with E-state index in [-0.39, 0.29) is 16.7 Å². The summed E-state index contributed by atoms with van der Waals surface area (Å²) < 4.78 is 5.67. The Hall–Kier alpha value is -3.64. The summed E-state index contributed by atoms with van der Waals surface area (Å²) in [4.78, 5) is 13.2. The van der Waals surface area contributed by atoms with Gasteiger partial charge in [-0.3, -0.25) is 9.69 Å². The predicted molar refractivity (Wildman–Crippen MR) is 123 cm³/mol. The first-order valence-electron chi connectivity index (χ1n) is 9.44. The summed E-state index contributed by atoms with van der Waals surface area (Å²) in [7, 11) is 0. The van der Waals surface area contributed by atoms with Gasteiger partial charge in [0.05, 0.1) is 18.0 Å². The van der Waals surface area contributed by atoms with Gasteiger partial charge in [-0.05, 0) is 36.7 Å². The number of rotatable bonds is 4. The lowest BCUT2D eigenvalue weighted by Crippen LogP contribution is -2.27. The first kappa shape index (κ1) is 19.7. The fourth-order valence-electron chi connectivity index (χ4n) is 3.66. The number of ether oxygens (including phenoxy) is 1. The van der Waals surface area contributed by atoms with Crippen molar-refractivity contribution < 1.29 is 19.7 Å². The van der Waals surface area contributed by atoms with Gasteiger partial charge in [0.1, 0.15) is 11.5 Å². The number of nitrogens with zero attached hydrogens (tertiary/aromatic N) is 1. The van der Waals surface area contributed by atoms with Crippen LogP contribution in [0.3, 0.4) is 0 Å². The normalized spacial score (nSPS) is 10.8. The Bertz CT molecular complexity index is 1290. The summed E-state index contributed by atoms with van der Waals surface area (Å²) in [5.74, 6) is -0.174. The number of thiocarbonyl (C=S) groups is 1. The van der Waals surface area contributed by atoms with Crippen LogP contribution in [-0.2, 0) is 4.74 Å². The topological polar surface area (TPSA) is 70.0 Å². The van der Waals surface area contributed by atoms with Crippen molar-refractivity contribution >= 4 is 56.6 Å². The van der Waals surface area contributed by atoms with Crippen LogP contribution in [0.25, 0.3) is 21.5 Å². The largest absolute Gasteiger partial charge is 0.507 e. The van der Waals surface area contributed by atoms with E-state index < -0.39 is 0 Å². The molecular formula is C24H19NO4S. The number of hydrogen-bond donors (Lipinski definition) is 2. The van der Waals surface area contributed by atoms with Crippen molar-refractivity contribution in [3.05, 3.63) is 72.3 Å². The van der Waals surface area contributed by atoms with Crippen molar-refractivity contribution in [2.75, 3.05) is 11.5 Å². The molecule has 0 aromatic heterocycles. The number of anilines is 2. The van der Waals surface area contributed by atoms with Crippen molar-refractivity contribution in [3.8, 4) is 11.5 Å². The number of aromatic hydroxyl groups is 2. The van der Waals surface area contributed by atoms with E-state index in [9.17, 15) is 15.0 Å². The maximum Gasteiger partial charge on any atom is 0.268 e. The second-order valence-electron chi connectivity index (χ2n) is 6.68. The monoisotopic (exact) mass is 417 g/mol. The molecule has 5 nitrogen and oxygen atoms in total. The second kappa shape index (κ2) is 8.00. The third kappa shape index (κ3) is 3.21. The molecule has 0 heterocycles. The number of benzene rings is 4. The van der Waals surface area contributed by atoms with E-state index in [4.69, 9.17) is 17.0 Å². The van der Waals surface area contributed by atoms with Crippen LogP contribution < -0.4 is 4.90 Å². The van der Waals surface area contributed by atoms with E-state index >= 15 is 0 Å². The highest BCUT2D eigenvalue weighted by atomic mass is 32.1. The predicted octanol–water partition coefficient (Wildman–Crippen LogP) is 5.68. The molecule has 0 saturated heterocycles. The lowest BCUT2D eigenvalue weighted by Gasteiger charge is -2.28. The molecule has 0 fully saturated rings. The molecule has 0 spiro atoms. The van der Waals surface area contributed by atoms with Crippen molar-refractivity contribution in [3.63, 3.8) is 0 Å². The number of carbonyl (C=O) groups is 1. The first-order valence-corrected chi connectivity index (χ1v) is 9.85. The Morgan fingerprint density at radius 2 is 1.57 bits per heavy atom. The van der Waals surface area contributed by atoms with Gasteiger partial charge >= 0.3 is 0 Å². The number of fused-ring (bicyclic) bond motifs is 2. The summed E-state index contributed by atoms with van der Waals surface area (Å²) in [6.45, 7) is 2.17. The van der Waals surface area contributed by atoms with Gasteiger partial charge in [0.2, 0.25) is 0 Å². The van der Waals surface area contributed by atoms with Crippen LogP contribution in [0.15, 0.2) is 66.7 Å². The van der Waals surface area contributed by atoms with E-state index in [2.05, 4.69) is 0 Å². The summed E-state index contributed by atoms with van der Waals surface area (Å²) in [5.41, 5.74) is 1.60. The van der Waals surface area contributed by atoms with Crippen LogP contribution in [0.2, 0.25) is 0 Å². The number of carbonyl (C=O) groups excluding carboxylic acids is 1. The molecule has 150 valence electrons. The minimum absolute atomic E-state index is 0.0321. The quantitative estimate of drug-likeness (QED) is 0.329. The Morgan fingerprint density at radius 1 is 0.933 bits per heavy atom. The first-order chi connectivity index (χ1) is 14.6. The highest BCUT2D eigenvalue weighted by Crippen LogP contribution is 2.45. The molecule has 2 N–H and O–H groups in total. The Labute approximate surface area is 178 Å². The van der Waals surface area contributed by atoms with Gasteiger partial charge in [0.25, 0.3) is 5.17 Å². The van der Waals surface area contributed by atoms with Gasteiger partial charge in [-0.1, -0.05) is 48.5 Å². The van der Waals surface area contributed by atoms with E-state index in [1.54, 1.807) is 29.2 Å². The van der Waals surface area contributed by atoms with Crippen molar-refractivity contribution in [1.82, 2.24) is 0 Å². The van der Waals surface area contributed by atoms with Gasteiger partial charge in [-0.2, -0.15) is 0 Å². The molecule has 0 aliphatic carbocycles. The van der Waals surface area contributed by atoms with Crippen LogP contribution in [0.4, 0.5) is 11.4 Å². The average molecular weight is 417 g/mol. The fraction of sp³-hybridized carbons (Fsp3) is 0.0833. The molecular weight excluding hydrogens is 398 g/mol. The van der Waals surface area contributed by atoms with Crippen LogP contribution in [0.5, 0.6) is 11.5 Å². The standard InChI is InChI=1S/C24H19NO4S/c1-2-29-24(30)25(20-12-11-15(14-26)16-7-3-4-8-17(16)20)23-19-10-6-5-9-18(19)21(27)13-22(23)28/h3-14,27-28H,2H2,1H3. The minimum atomic E-state index is -0.142. The maximum atomic E-state index is 11.5. The van der Waals surface area contributed by atoms with Crippen LogP contribution in [0.1, 0.15) is 17.3 Å². The summed E-state index contributed by atoms with van der Waals surface area (Å²) in [5, 5.41) is 24.0. The smallest absolute Gasteiger partial charge is 0.268 e. The van der Waals surface area contributed by atoms with Gasteiger partial charge in [-0.25, -0.2) is 0 Å². The van der Waals surface area contributed by atoms with Crippen LogP contribution >= 0.6 is 12.2 Å². The highest BCUT2D eigenvalue weighted by Gasteiger charge is 2.25. The average Bonchev–Trinajstić information content (AvgIpc) is 2.76. The van der Waals surface area contributed by atoms with E-state index in [1.165, 1.54) is 6.07 Å². The molecule has 4 rings (SSSR count). The molecule has 30 heavy (non-hydrogen) atoms. The van der Waals surface area contributed by atoms with Crippen molar-refractivity contribution in [2.45, 2.75) is 6.92 Å². The zero-order chi connectivity index (χ0) is 21.3. The number of aldehydes is 1. The molecule has 0 saturated carbocycles. The van der Waals surface area contributed by atoms with Crippen molar-refractivity contribution in [1.29, 1.82) is 0 Å². The molecule has 0 atom stereocenters. The molecule has 0 unspecified atom stereocenters. The van der Waals surface area contributed by atoms with Crippen LogP contribution in [0, 0.1) is 0 Å². The van der Waals surface area contributed by atoms with E-state index in [1.807, 2.05) is 43.3 Å². The van der Waals surface area contributed by atoms with Gasteiger partial charge in [0, 0.05) is 27.8 Å². The molecule has 0 aliphatic heterocycles. The molecule has 0 bridgehead atoms. The highest BCUT2D eigenvalue weighted by molar-refractivity contribution is 7.80. The lowest BCUT2D eigenvalue weighted by molar-refractivity contribution is 0.112. The van der Waals surface area contributed by atoms with Crippen LogP contribution in [-0.4, -0.2) is 28.3 Å². The third-order valence-electron chi connectivity index (χ3n) is 4.95. The zero-order valence-electron chi connectivity index (χ0n) is 16.2. The summed E-state index contributed by atoms with van der Waals surface area (Å²) in [6, 6.07) is 19.5. The second-order valence-corrected chi connectivity index (χ2v) is 7.03. The Kier molecular flexibility index (Phi) is 5.25. The minimum Gasteiger partial charge on any atom is -0.507 e. The van der Waals surface area contributed by atoms with Gasteiger partial charge in [0.15, 0.2) is 6.29 Å². The van der Waals surface area contributed by atoms with Crippen molar-refractivity contribution in [2.24, 2.45) is 0 Å². The zero-order valence-corrected chi connectivity index (χ0v) is 17.0.